The van der Waals surface area contributed by atoms with Gasteiger partial charge in [-0.3, -0.25) is 4.79 Å². The number of carbonyl (C=O) groups excluding carboxylic acids is 2. The van der Waals surface area contributed by atoms with Gasteiger partial charge < -0.3 is 9.47 Å². The average Bonchev–Trinajstić information content (AvgIpc) is 3.20. The molecule has 0 amide bonds. The lowest BCUT2D eigenvalue weighted by Crippen LogP contribution is -2.12. The molecule has 0 aliphatic carbocycles. The molecule has 0 N–H and O–H groups in total. The highest BCUT2D eigenvalue weighted by Gasteiger charge is 2.05. The van der Waals surface area contributed by atoms with E-state index in [2.05, 4.69) is 9.84 Å². The van der Waals surface area contributed by atoms with Crippen molar-refractivity contribution in [2.24, 2.45) is 0 Å². The van der Waals surface area contributed by atoms with Crippen molar-refractivity contribution in [3.05, 3.63) is 84.2 Å². The van der Waals surface area contributed by atoms with Crippen LogP contribution in [0, 0.1) is 0 Å². The molecule has 0 radical (unpaired) electrons. The molecule has 6 nitrogen and oxygen atoms in total. The van der Waals surface area contributed by atoms with Gasteiger partial charge >= 0.3 is 5.97 Å². The molecule has 27 heavy (non-hydrogen) atoms. The fourth-order valence-corrected chi connectivity index (χ4v) is 2.33. The lowest BCUT2D eigenvalue weighted by molar-refractivity contribution is -0.142. The number of nitrogens with zero attached hydrogens (tertiary/aromatic N) is 2. The van der Waals surface area contributed by atoms with Crippen LogP contribution < -0.4 is 4.74 Å². The van der Waals surface area contributed by atoms with E-state index in [0.717, 1.165) is 11.3 Å². The summed E-state index contributed by atoms with van der Waals surface area (Å²) in [6, 6.07) is 16.3. The van der Waals surface area contributed by atoms with Crippen LogP contribution in [0.1, 0.15) is 15.9 Å². The standard InChI is InChI=1S/C21H18N2O4/c1-26-21(25)15-27-19-10-8-17(9-11-19)20(24)12-7-16-13-22-23(14-16)18-5-3-2-4-6-18/h2-14H,15H2,1H3. The number of methoxy groups -OCH3 is 1. The third-order valence-electron chi connectivity index (χ3n) is 3.77. The Bertz CT molecular complexity index is 944. The number of esters is 1. The summed E-state index contributed by atoms with van der Waals surface area (Å²) in [5, 5.41) is 4.29. The Morgan fingerprint density at radius 1 is 1.07 bits per heavy atom. The molecule has 1 aromatic heterocycles. The fraction of sp³-hybridized carbons (Fsp3) is 0.0952. The number of aromatic nitrogens is 2. The quantitative estimate of drug-likeness (QED) is 0.366. The van der Waals surface area contributed by atoms with Gasteiger partial charge in [0.05, 0.1) is 19.0 Å². The molecule has 0 spiro atoms. The molecular weight excluding hydrogens is 344 g/mol. The van der Waals surface area contributed by atoms with Gasteiger partial charge in [-0.15, -0.1) is 0 Å². The van der Waals surface area contributed by atoms with Crippen molar-refractivity contribution in [2.75, 3.05) is 13.7 Å². The van der Waals surface area contributed by atoms with Crippen LogP contribution in [-0.4, -0.2) is 35.2 Å². The van der Waals surface area contributed by atoms with Crippen LogP contribution in [0.4, 0.5) is 0 Å². The molecule has 0 aliphatic heterocycles. The summed E-state index contributed by atoms with van der Waals surface area (Å²) in [5.74, 6) is -0.110. The largest absolute Gasteiger partial charge is 0.482 e. The van der Waals surface area contributed by atoms with Crippen molar-refractivity contribution in [1.82, 2.24) is 9.78 Å². The summed E-state index contributed by atoms with van der Waals surface area (Å²) in [6.07, 6.45) is 6.76. The van der Waals surface area contributed by atoms with Crippen molar-refractivity contribution >= 4 is 17.8 Å². The van der Waals surface area contributed by atoms with Crippen LogP contribution in [0.25, 0.3) is 11.8 Å². The minimum atomic E-state index is -0.464. The molecule has 0 aliphatic rings. The molecule has 0 saturated carbocycles. The van der Waals surface area contributed by atoms with Gasteiger partial charge in [-0.2, -0.15) is 5.10 Å². The first-order valence-electron chi connectivity index (χ1n) is 8.28. The topological polar surface area (TPSA) is 70.4 Å². The first-order valence-corrected chi connectivity index (χ1v) is 8.28. The fourth-order valence-electron chi connectivity index (χ4n) is 2.33. The SMILES string of the molecule is COC(=O)COc1ccc(C(=O)C=Cc2cnn(-c3ccccc3)c2)cc1. The van der Waals surface area contributed by atoms with Crippen LogP contribution in [0.5, 0.6) is 5.75 Å². The van der Waals surface area contributed by atoms with Gasteiger partial charge in [-0.05, 0) is 48.6 Å². The van der Waals surface area contributed by atoms with Crippen LogP contribution in [0.15, 0.2) is 73.1 Å². The van der Waals surface area contributed by atoms with Gasteiger partial charge in [0.2, 0.25) is 0 Å². The molecule has 3 rings (SSSR count). The third kappa shape index (κ3) is 4.92. The van der Waals surface area contributed by atoms with Gasteiger partial charge in [0.25, 0.3) is 0 Å². The second-order valence-corrected chi connectivity index (χ2v) is 5.64. The molecule has 1 heterocycles. The first kappa shape index (κ1) is 18.1. The average molecular weight is 362 g/mol. The summed E-state index contributed by atoms with van der Waals surface area (Å²) in [5.41, 5.74) is 2.29. The van der Waals surface area contributed by atoms with Gasteiger partial charge in [0.1, 0.15) is 5.75 Å². The number of ketones is 1. The molecule has 0 atom stereocenters. The molecule has 0 fully saturated rings. The number of rotatable bonds is 7. The summed E-state index contributed by atoms with van der Waals surface area (Å²) in [7, 11) is 1.30. The van der Waals surface area contributed by atoms with E-state index in [0.29, 0.717) is 11.3 Å². The molecule has 3 aromatic rings. The predicted octanol–water partition coefficient (Wildman–Crippen LogP) is 3.32. The highest BCUT2D eigenvalue weighted by molar-refractivity contribution is 6.06. The van der Waals surface area contributed by atoms with Crippen molar-refractivity contribution in [1.29, 1.82) is 0 Å². The van der Waals surface area contributed by atoms with Gasteiger partial charge in [0.15, 0.2) is 12.4 Å². The number of para-hydroxylation sites is 1. The first-order chi connectivity index (χ1) is 13.2. The van der Waals surface area contributed by atoms with Crippen LogP contribution >= 0.6 is 0 Å². The Hall–Kier alpha value is -3.67. The molecule has 136 valence electrons. The van der Waals surface area contributed by atoms with Crippen molar-refractivity contribution < 1.29 is 19.1 Å². The zero-order valence-electron chi connectivity index (χ0n) is 14.7. The lowest BCUT2D eigenvalue weighted by Gasteiger charge is -2.04. The molecule has 0 saturated heterocycles. The number of benzene rings is 2. The molecular formula is C21H18N2O4. The Balaban J connectivity index is 1.61. The Morgan fingerprint density at radius 2 is 1.81 bits per heavy atom. The smallest absolute Gasteiger partial charge is 0.343 e. The maximum Gasteiger partial charge on any atom is 0.343 e. The number of hydrogen-bond acceptors (Lipinski definition) is 5. The van der Waals surface area contributed by atoms with E-state index in [-0.39, 0.29) is 12.4 Å². The Morgan fingerprint density at radius 3 is 2.52 bits per heavy atom. The molecule has 0 unspecified atom stereocenters. The van der Waals surface area contributed by atoms with Crippen LogP contribution in [0.2, 0.25) is 0 Å². The Kier molecular flexibility index (Phi) is 5.79. The summed E-state index contributed by atoms with van der Waals surface area (Å²) in [4.78, 5) is 23.3. The van der Waals surface area contributed by atoms with Crippen LogP contribution in [-0.2, 0) is 9.53 Å². The molecule has 0 bridgehead atoms. The third-order valence-corrected chi connectivity index (χ3v) is 3.77. The van der Waals surface area contributed by atoms with Crippen molar-refractivity contribution in [3.8, 4) is 11.4 Å². The van der Waals surface area contributed by atoms with E-state index in [9.17, 15) is 9.59 Å². The van der Waals surface area contributed by atoms with Crippen LogP contribution in [0.3, 0.4) is 0 Å². The second kappa shape index (κ2) is 8.62. The zero-order valence-corrected chi connectivity index (χ0v) is 14.7. The van der Waals surface area contributed by atoms with Gasteiger partial charge in [-0.1, -0.05) is 18.2 Å². The maximum atomic E-state index is 12.3. The predicted molar refractivity (Wildman–Crippen MR) is 101 cm³/mol. The minimum Gasteiger partial charge on any atom is -0.482 e. The second-order valence-electron chi connectivity index (χ2n) is 5.64. The maximum absolute atomic E-state index is 12.3. The van der Waals surface area contributed by atoms with E-state index < -0.39 is 5.97 Å². The zero-order chi connectivity index (χ0) is 19.1. The number of ether oxygens (including phenoxy) is 2. The molecule has 6 heteroatoms. The van der Waals surface area contributed by atoms with Crippen molar-refractivity contribution in [3.63, 3.8) is 0 Å². The van der Waals surface area contributed by atoms with E-state index >= 15 is 0 Å². The number of carbonyl (C=O) groups is 2. The molecule has 2 aromatic carbocycles. The normalized spacial score (nSPS) is 10.7. The lowest BCUT2D eigenvalue weighted by atomic mass is 10.1. The number of hydrogen-bond donors (Lipinski definition) is 0. The summed E-state index contributed by atoms with van der Waals surface area (Å²) < 4.78 is 11.5. The van der Waals surface area contributed by atoms with E-state index in [1.807, 2.05) is 36.5 Å². The van der Waals surface area contributed by atoms with Gasteiger partial charge in [-0.25, -0.2) is 9.48 Å². The van der Waals surface area contributed by atoms with E-state index in [1.165, 1.54) is 13.2 Å². The monoisotopic (exact) mass is 362 g/mol. The Labute approximate surface area is 156 Å². The van der Waals surface area contributed by atoms with E-state index in [4.69, 9.17) is 4.74 Å². The number of allylic oxidation sites excluding steroid dienone is 1. The highest BCUT2D eigenvalue weighted by atomic mass is 16.6. The summed E-state index contributed by atoms with van der Waals surface area (Å²) >= 11 is 0. The van der Waals surface area contributed by atoms with E-state index in [1.54, 1.807) is 41.2 Å². The highest BCUT2D eigenvalue weighted by Crippen LogP contribution is 2.14. The minimum absolute atomic E-state index is 0.137. The summed E-state index contributed by atoms with van der Waals surface area (Å²) in [6.45, 7) is -0.172. The van der Waals surface area contributed by atoms with Crippen molar-refractivity contribution in [2.45, 2.75) is 0 Å². The van der Waals surface area contributed by atoms with Gasteiger partial charge in [0, 0.05) is 17.3 Å².